The number of alkyl halides is 2. The molecule has 2 N–H and O–H groups in total. The van der Waals surface area contributed by atoms with Crippen LogP contribution in [0, 0.1) is 0 Å². The Balaban J connectivity index is 1.85. The van der Waals surface area contributed by atoms with Gasteiger partial charge >= 0.3 is 0 Å². The largest absolute Gasteiger partial charge is 0.364 e. The average molecular weight is 445 g/mol. The van der Waals surface area contributed by atoms with Crippen molar-refractivity contribution in [3.63, 3.8) is 0 Å². The standard InChI is InChI=1S/C23H19F4N3O2/c1-2-13-7-9-14(10-8-13)18-11-16(15-5-3-4-6-17(15)28-18)21(31)30-23(32,22(26)27)12-19(29-30)20(24)25/h3-11,22,29,32H,2,12H2,1H3. The minimum Gasteiger partial charge on any atom is -0.364 e. The molecule has 1 aliphatic heterocycles. The summed E-state index contributed by atoms with van der Waals surface area (Å²) >= 11 is 0. The van der Waals surface area contributed by atoms with Crippen LogP contribution >= 0.6 is 0 Å². The van der Waals surface area contributed by atoms with Crippen LogP contribution in [0.15, 0.2) is 66.4 Å². The first-order valence-electron chi connectivity index (χ1n) is 9.89. The van der Waals surface area contributed by atoms with Crippen LogP contribution in [-0.2, 0) is 6.42 Å². The molecule has 2 aromatic carbocycles. The van der Waals surface area contributed by atoms with Gasteiger partial charge in [-0.25, -0.2) is 18.8 Å². The lowest BCUT2D eigenvalue weighted by Gasteiger charge is -2.31. The first kappa shape index (κ1) is 21.8. The first-order valence-corrected chi connectivity index (χ1v) is 9.89. The van der Waals surface area contributed by atoms with E-state index in [2.05, 4.69) is 4.98 Å². The number of amides is 1. The number of hydrogen-bond donors (Lipinski definition) is 2. The summed E-state index contributed by atoms with van der Waals surface area (Å²) < 4.78 is 53.5. The monoisotopic (exact) mass is 445 g/mol. The van der Waals surface area contributed by atoms with Gasteiger partial charge in [-0.05, 0) is 24.1 Å². The van der Waals surface area contributed by atoms with Gasteiger partial charge in [0.25, 0.3) is 18.4 Å². The second-order valence-corrected chi connectivity index (χ2v) is 7.47. The number of aryl methyl sites for hydroxylation is 1. The Bertz CT molecular complexity index is 1210. The fraction of sp³-hybridized carbons (Fsp3) is 0.217. The molecular weight excluding hydrogens is 426 g/mol. The number of benzene rings is 2. The molecule has 0 bridgehead atoms. The maximum absolute atomic E-state index is 13.7. The molecule has 0 spiro atoms. The lowest BCUT2D eigenvalue weighted by molar-refractivity contribution is -0.168. The summed E-state index contributed by atoms with van der Waals surface area (Å²) in [5.41, 5.74) is 0.458. The molecule has 1 amide bonds. The second-order valence-electron chi connectivity index (χ2n) is 7.47. The van der Waals surface area contributed by atoms with Crippen molar-refractivity contribution in [2.45, 2.75) is 31.9 Å². The number of aliphatic hydroxyl groups is 1. The van der Waals surface area contributed by atoms with E-state index in [9.17, 15) is 27.5 Å². The number of nitrogens with zero attached hydrogens (tertiary/aromatic N) is 2. The van der Waals surface area contributed by atoms with Crippen LogP contribution in [0.5, 0.6) is 0 Å². The van der Waals surface area contributed by atoms with Gasteiger partial charge in [0, 0.05) is 10.9 Å². The number of fused-ring (bicyclic) bond motifs is 1. The van der Waals surface area contributed by atoms with Crippen LogP contribution in [0.4, 0.5) is 17.6 Å². The molecule has 2 heterocycles. The summed E-state index contributed by atoms with van der Waals surface area (Å²) in [6, 6.07) is 15.4. The number of hydrogen-bond acceptors (Lipinski definition) is 4. The van der Waals surface area contributed by atoms with Gasteiger partial charge in [-0.2, -0.15) is 8.78 Å². The van der Waals surface area contributed by atoms with Crippen molar-refractivity contribution in [2.75, 3.05) is 0 Å². The third-order valence-corrected chi connectivity index (χ3v) is 5.46. The van der Waals surface area contributed by atoms with E-state index < -0.39 is 36.3 Å². The fourth-order valence-electron chi connectivity index (χ4n) is 3.65. The molecule has 5 nitrogen and oxygen atoms in total. The molecule has 0 saturated carbocycles. The van der Waals surface area contributed by atoms with Crippen molar-refractivity contribution in [2.24, 2.45) is 0 Å². The molecule has 1 unspecified atom stereocenters. The minimum absolute atomic E-state index is 0.0581. The van der Waals surface area contributed by atoms with Crippen molar-refractivity contribution < 1.29 is 27.5 Å². The van der Waals surface area contributed by atoms with E-state index in [0.29, 0.717) is 22.2 Å². The van der Waals surface area contributed by atoms with E-state index in [1.807, 2.05) is 36.6 Å². The highest BCUT2D eigenvalue weighted by Gasteiger charge is 2.53. The zero-order valence-electron chi connectivity index (χ0n) is 16.9. The van der Waals surface area contributed by atoms with Crippen molar-refractivity contribution >= 4 is 16.8 Å². The Morgan fingerprint density at radius 2 is 1.88 bits per heavy atom. The number of carbonyl (C=O) groups excluding carboxylic acids is 1. The summed E-state index contributed by atoms with van der Waals surface area (Å²) in [7, 11) is 0. The molecule has 3 aromatic rings. The Morgan fingerprint density at radius 3 is 2.50 bits per heavy atom. The zero-order valence-corrected chi connectivity index (χ0v) is 16.9. The summed E-state index contributed by atoms with van der Waals surface area (Å²) in [6.45, 7) is 2.01. The van der Waals surface area contributed by atoms with Gasteiger partial charge in [0.15, 0.2) is 0 Å². The number of halogens is 4. The second kappa shape index (κ2) is 8.23. The summed E-state index contributed by atoms with van der Waals surface area (Å²) in [4.78, 5) is 17.9. The lowest BCUT2D eigenvalue weighted by Crippen LogP contribution is -2.55. The Kier molecular flexibility index (Phi) is 5.60. The molecule has 1 aliphatic rings. The minimum atomic E-state index is -3.48. The predicted octanol–water partition coefficient (Wildman–Crippen LogP) is 4.88. The van der Waals surface area contributed by atoms with Gasteiger partial charge < -0.3 is 5.11 Å². The SMILES string of the molecule is CCc1ccc(-c2cc(C(=O)N3NC(=C(F)F)CC3(O)C(F)F)c3ccccc3n2)cc1. The Morgan fingerprint density at radius 1 is 1.19 bits per heavy atom. The number of hydrazine groups is 1. The number of aromatic nitrogens is 1. The first-order chi connectivity index (χ1) is 15.2. The number of rotatable bonds is 4. The maximum atomic E-state index is 13.7. The summed E-state index contributed by atoms with van der Waals surface area (Å²) in [5.74, 6) is -1.07. The van der Waals surface area contributed by atoms with Gasteiger partial charge in [-0.3, -0.25) is 10.2 Å². The molecule has 32 heavy (non-hydrogen) atoms. The van der Waals surface area contributed by atoms with Crippen LogP contribution in [0.2, 0.25) is 0 Å². The van der Waals surface area contributed by atoms with E-state index in [4.69, 9.17) is 0 Å². The number of carbonyl (C=O) groups is 1. The third kappa shape index (κ3) is 3.69. The molecular formula is C23H19F4N3O2. The van der Waals surface area contributed by atoms with E-state index in [-0.39, 0.29) is 10.6 Å². The Labute approximate surface area is 181 Å². The Hall–Kier alpha value is -3.46. The van der Waals surface area contributed by atoms with Crippen LogP contribution in [0.1, 0.15) is 29.3 Å². The van der Waals surface area contributed by atoms with Crippen molar-refractivity contribution in [3.05, 3.63) is 77.5 Å². The highest BCUT2D eigenvalue weighted by molar-refractivity contribution is 6.07. The molecule has 0 aliphatic carbocycles. The van der Waals surface area contributed by atoms with E-state index >= 15 is 0 Å². The van der Waals surface area contributed by atoms with Crippen LogP contribution < -0.4 is 5.43 Å². The summed E-state index contributed by atoms with van der Waals surface area (Å²) in [5, 5.41) is 10.9. The number of nitrogens with one attached hydrogen (secondary N) is 1. The van der Waals surface area contributed by atoms with E-state index in [0.717, 1.165) is 12.0 Å². The van der Waals surface area contributed by atoms with Crippen LogP contribution in [0.25, 0.3) is 22.2 Å². The molecule has 1 aromatic heterocycles. The van der Waals surface area contributed by atoms with E-state index in [1.54, 1.807) is 24.3 Å². The fourth-order valence-corrected chi connectivity index (χ4v) is 3.65. The highest BCUT2D eigenvalue weighted by atomic mass is 19.3. The predicted molar refractivity (Wildman–Crippen MR) is 111 cm³/mol. The number of para-hydroxylation sites is 1. The zero-order chi connectivity index (χ0) is 23.0. The molecule has 1 saturated heterocycles. The topological polar surface area (TPSA) is 65.5 Å². The maximum Gasteiger partial charge on any atom is 0.291 e. The van der Waals surface area contributed by atoms with Crippen LogP contribution in [0.3, 0.4) is 0 Å². The third-order valence-electron chi connectivity index (χ3n) is 5.46. The lowest BCUT2D eigenvalue weighted by atomic mass is 10.0. The van der Waals surface area contributed by atoms with Gasteiger partial charge in [-0.1, -0.05) is 49.4 Å². The molecule has 166 valence electrons. The molecule has 4 rings (SSSR count). The number of pyridine rings is 1. The quantitative estimate of drug-likeness (QED) is 0.562. The highest BCUT2D eigenvalue weighted by Crippen LogP contribution is 2.36. The van der Waals surface area contributed by atoms with Gasteiger partial charge in [0.2, 0.25) is 5.72 Å². The molecule has 9 heteroatoms. The van der Waals surface area contributed by atoms with Gasteiger partial charge in [-0.15, -0.1) is 0 Å². The van der Waals surface area contributed by atoms with Crippen molar-refractivity contribution in [1.82, 2.24) is 15.4 Å². The normalized spacial score (nSPS) is 18.3. The van der Waals surface area contributed by atoms with Crippen LogP contribution in [-0.4, -0.2) is 33.2 Å². The van der Waals surface area contributed by atoms with E-state index in [1.165, 1.54) is 6.07 Å². The van der Waals surface area contributed by atoms with Crippen molar-refractivity contribution in [3.8, 4) is 11.3 Å². The van der Waals surface area contributed by atoms with Crippen molar-refractivity contribution in [1.29, 1.82) is 0 Å². The molecule has 1 atom stereocenters. The molecule has 0 radical (unpaired) electrons. The smallest absolute Gasteiger partial charge is 0.291 e. The summed E-state index contributed by atoms with van der Waals surface area (Å²) in [6.07, 6.45) is -6.04. The molecule has 1 fully saturated rings. The average Bonchev–Trinajstić information content (AvgIpc) is 3.17. The van der Waals surface area contributed by atoms with Gasteiger partial charge in [0.1, 0.15) is 5.70 Å². The van der Waals surface area contributed by atoms with Gasteiger partial charge in [0.05, 0.1) is 23.2 Å².